The van der Waals surface area contributed by atoms with Crippen LogP contribution in [0, 0.1) is 3.57 Å². The molecule has 0 aliphatic rings. The van der Waals surface area contributed by atoms with Gasteiger partial charge in [-0.25, -0.2) is 4.98 Å². The van der Waals surface area contributed by atoms with Gasteiger partial charge in [-0.05, 0) is 34.7 Å². The molecule has 0 aromatic carbocycles. The summed E-state index contributed by atoms with van der Waals surface area (Å²) in [6.07, 6.45) is 0. The van der Waals surface area contributed by atoms with E-state index in [2.05, 4.69) is 32.9 Å². The molecule has 0 aliphatic heterocycles. The number of pyridine rings is 1. The van der Waals surface area contributed by atoms with Crippen LogP contribution < -0.4 is 5.32 Å². The van der Waals surface area contributed by atoms with Crippen LogP contribution in [0.1, 0.15) is 0 Å². The van der Waals surface area contributed by atoms with Gasteiger partial charge in [-0.2, -0.15) is 0 Å². The van der Waals surface area contributed by atoms with Crippen molar-refractivity contribution in [1.82, 2.24) is 4.98 Å². The Morgan fingerprint density at radius 1 is 1.60 bits per heavy atom. The summed E-state index contributed by atoms with van der Waals surface area (Å²) < 4.78 is 0.971. The van der Waals surface area contributed by atoms with Gasteiger partial charge in [-0.15, -0.1) is 0 Å². The third-order valence-electron chi connectivity index (χ3n) is 1.06. The topological polar surface area (TPSA) is 24.9 Å². The largest absolute Gasteiger partial charge is 0.373 e. The zero-order chi connectivity index (χ0) is 7.56. The highest BCUT2D eigenvalue weighted by molar-refractivity contribution is 14.1. The first-order chi connectivity index (χ1) is 4.74. The lowest BCUT2D eigenvalue weighted by atomic mass is 10.5. The molecule has 0 bridgehead atoms. The molecule has 0 atom stereocenters. The minimum atomic E-state index is 0.549. The molecule has 0 aliphatic carbocycles. The first-order valence-corrected chi connectivity index (χ1v) is 4.19. The molecule has 0 spiro atoms. The van der Waals surface area contributed by atoms with Crippen LogP contribution >= 0.6 is 34.2 Å². The number of nitrogens with one attached hydrogen (secondary N) is 1. The highest BCUT2D eigenvalue weighted by Gasteiger charge is 1.97. The fraction of sp³-hybridized carbons (Fsp3) is 0.167. The van der Waals surface area contributed by atoms with Crippen LogP contribution in [0.5, 0.6) is 0 Å². The first kappa shape index (κ1) is 8.07. The summed E-state index contributed by atoms with van der Waals surface area (Å²) in [5.74, 6) is 0.797. The van der Waals surface area contributed by atoms with E-state index in [9.17, 15) is 0 Å². The van der Waals surface area contributed by atoms with E-state index >= 15 is 0 Å². The molecule has 54 valence electrons. The molecule has 0 saturated heterocycles. The van der Waals surface area contributed by atoms with Crippen LogP contribution in [0.2, 0.25) is 5.15 Å². The van der Waals surface area contributed by atoms with Crippen LogP contribution in [0.15, 0.2) is 12.1 Å². The van der Waals surface area contributed by atoms with E-state index < -0.39 is 0 Å². The third kappa shape index (κ3) is 1.73. The van der Waals surface area contributed by atoms with Gasteiger partial charge in [0.1, 0.15) is 11.0 Å². The summed E-state index contributed by atoms with van der Waals surface area (Å²) in [7, 11) is 1.81. The zero-order valence-electron chi connectivity index (χ0n) is 5.36. The molecule has 1 aromatic rings. The van der Waals surface area contributed by atoms with Crippen molar-refractivity contribution in [2.24, 2.45) is 0 Å². The van der Waals surface area contributed by atoms with E-state index in [1.807, 2.05) is 19.2 Å². The number of hydrogen-bond donors (Lipinski definition) is 1. The average Bonchev–Trinajstić information content (AvgIpc) is 1.95. The SMILES string of the molecule is CNc1ccc(I)c(Cl)n1. The monoisotopic (exact) mass is 268 g/mol. The van der Waals surface area contributed by atoms with Crippen LogP contribution in [-0.2, 0) is 0 Å². The average molecular weight is 268 g/mol. The maximum Gasteiger partial charge on any atom is 0.144 e. The van der Waals surface area contributed by atoms with Gasteiger partial charge in [0.15, 0.2) is 0 Å². The van der Waals surface area contributed by atoms with Crippen molar-refractivity contribution in [1.29, 1.82) is 0 Å². The van der Waals surface area contributed by atoms with Gasteiger partial charge in [0.25, 0.3) is 0 Å². The van der Waals surface area contributed by atoms with Crippen LogP contribution in [0.3, 0.4) is 0 Å². The Hall–Kier alpha value is -0.0300. The highest BCUT2D eigenvalue weighted by atomic mass is 127. The molecule has 10 heavy (non-hydrogen) atoms. The van der Waals surface area contributed by atoms with E-state index in [0.717, 1.165) is 9.39 Å². The van der Waals surface area contributed by atoms with Crippen molar-refractivity contribution < 1.29 is 0 Å². The second-order valence-corrected chi connectivity index (χ2v) is 3.24. The molecule has 4 heteroatoms. The summed E-state index contributed by atoms with van der Waals surface area (Å²) in [6.45, 7) is 0. The molecular formula is C6H6ClIN2. The van der Waals surface area contributed by atoms with E-state index in [1.54, 1.807) is 0 Å². The van der Waals surface area contributed by atoms with Gasteiger partial charge in [0.05, 0.1) is 3.57 Å². The Kier molecular flexibility index (Phi) is 2.73. The normalized spacial score (nSPS) is 9.50. The molecular weight excluding hydrogens is 262 g/mol. The molecule has 1 N–H and O–H groups in total. The number of aromatic nitrogens is 1. The van der Waals surface area contributed by atoms with Gasteiger partial charge in [0.2, 0.25) is 0 Å². The van der Waals surface area contributed by atoms with Crippen LogP contribution in [-0.4, -0.2) is 12.0 Å². The molecule has 0 radical (unpaired) electrons. The van der Waals surface area contributed by atoms with Gasteiger partial charge >= 0.3 is 0 Å². The summed E-state index contributed by atoms with van der Waals surface area (Å²) in [4.78, 5) is 4.04. The van der Waals surface area contributed by atoms with Crippen molar-refractivity contribution in [2.45, 2.75) is 0 Å². The number of hydrogen-bond acceptors (Lipinski definition) is 2. The van der Waals surface area contributed by atoms with Crippen LogP contribution in [0.4, 0.5) is 5.82 Å². The quantitative estimate of drug-likeness (QED) is 0.625. The minimum absolute atomic E-state index is 0.549. The van der Waals surface area contributed by atoms with E-state index in [4.69, 9.17) is 11.6 Å². The van der Waals surface area contributed by atoms with Crippen LogP contribution in [0.25, 0.3) is 0 Å². The molecule has 0 unspecified atom stereocenters. The lowest BCUT2D eigenvalue weighted by Crippen LogP contribution is -1.92. The maximum absolute atomic E-state index is 5.73. The van der Waals surface area contributed by atoms with E-state index in [-0.39, 0.29) is 0 Å². The van der Waals surface area contributed by atoms with E-state index in [1.165, 1.54) is 0 Å². The lowest BCUT2D eigenvalue weighted by molar-refractivity contribution is 1.27. The Bertz CT molecular complexity index is 239. The van der Waals surface area contributed by atoms with Gasteiger partial charge in [-0.3, -0.25) is 0 Å². The van der Waals surface area contributed by atoms with Gasteiger partial charge in [0, 0.05) is 7.05 Å². The van der Waals surface area contributed by atoms with Crippen molar-refractivity contribution >= 4 is 40.0 Å². The standard InChI is InChI=1S/C6H6ClIN2/c1-9-5-3-2-4(8)6(7)10-5/h2-3H,1H3,(H,9,10). The predicted octanol–water partition coefficient (Wildman–Crippen LogP) is 2.38. The van der Waals surface area contributed by atoms with Gasteiger partial charge < -0.3 is 5.32 Å². The molecule has 0 amide bonds. The van der Waals surface area contributed by atoms with Crippen molar-refractivity contribution in [2.75, 3.05) is 12.4 Å². The molecule has 0 fully saturated rings. The van der Waals surface area contributed by atoms with E-state index in [0.29, 0.717) is 5.15 Å². The fourth-order valence-electron chi connectivity index (χ4n) is 0.557. The third-order valence-corrected chi connectivity index (χ3v) is 2.54. The summed E-state index contributed by atoms with van der Waals surface area (Å²) in [5, 5.41) is 3.44. The highest BCUT2D eigenvalue weighted by Crippen LogP contribution is 2.17. The fourth-order valence-corrected chi connectivity index (χ4v) is 1.01. The molecule has 1 heterocycles. The number of rotatable bonds is 1. The van der Waals surface area contributed by atoms with Crippen molar-refractivity contribution in [3.8, 4) is 0 Å². The Balaban J connectivity index is 3.04. The number of anilines is 1. The number of nitrogens with zero attached hydrogens (tertiary/aromatic N) is 1. The Labute approximate surface area is 78.1 Å². The second-order valence-electron chi connectivity index (χ2n) is 1.72. The maximum atomic E-state index is 5.73. The minimum Gasteiger partial charge on any atom is -0.373 e. The molecule has 0 saturated carbocycles. The lowest BCUT2D eigenvalue weighted by Gasteiger charge is -1.99. The predicted molar refractivity (Wildman–Crippen MR) is 51.5 cm³/mol. The summed E-state index contributed by atoms with van der Waals surface area (Å²) in [5.41, 5.74) is 0. The second kappa shape index (κ2) is 3.39. The van der Waals surface area contributed by atoms with Gasteiger partial charge in [-0.1, -0.05) is 11.6 Å². The zero-order valence-corrected chi connectivity index (χ0v) is 8.27. The summed E-state index contributed by atoms with van der Waals surface area (Å²) >= 11 is 7.87. The first-order valence-electron chi connectivity index (χ1n) is 2.74. The Morgan fingerprint density at radius 3 is 2.80 bits per heavy atom. The summed E-state index contributed by atoms with van der Waals surface area (Å²) in [6, 6.07) is 3.80. The smallest absolute Gasteiger partial charge is 0.144 e. The molecule has 1 aromatic heterocycles. The Morgan fingerprint density at radius 2 is 2.30 bits per heavy atom. The van der Waals surface area contributed by atoms with Crippen molar-refractivity contribution in [3.63, 3.8) is 0 Å². The van der Waals surface area contributed by atoms with Crippen molar-refractivity contribution in [3.05, 3.63) is 20.9 Å². The molecule has 2 nitrogen and oxygen atoms in total. The number of halogens is 2. The molecule has 1 rings (SSSR count).